The van der Waals surface area contributed by atoms with Crippen molar-refractivity contribution in [1.29, 1.82) is 0 Å². The van der Waals surface area contributed by atoms with Crippen molar-refractivity contribution in [3.63, 3.8) is 0 Å². The molecule has 0 aromatic heterocycles. The van der Waals surface area contributed by atoms with Crippen LogP contribution in [0.2, 0.25) is 0 Å². The van der Waals surface area contributed by atoms with Crippen molar-refractivity contribution in [3.05, 3.63) is 47.5 Å². The van der Waals surface area contributed by atoms with Crippen molar-refractivity contribution < 1.29 is 18.9 Å². The van der Waals surface area contributed by atoms with Gasteiger partial charge in [-0.05, 0) is 35.9 Å². The average Bonchev–Trinajstić information content (AvgIpc) is 3.01. The molecule has 0 aliphatic carbocycles. The van der Waals surface area contributed by atoms with Crippen LogP contribution in [0.25, 0.3) is 0 Å². The van der Waals surface area contributed by atoms with Gasteiger partial charge in [0.1, 0.15) is 11.5 Å². The molecule has 3 rings (SSSR count). The summed E-state index contributed by atoms with van der Waals surface area (Å²) in [6, 6.07) is 10.9. The van der Waals surface area contributed by atoms with E-state index in [0.29, 0.717) is 5.75 Å². The van der Waals surface area contributed by atoms with Crippen LogP contribution in [0.1, 0.15) is 17.2 Å². The molecule has 0 amide bonds. The number of ether oxygens (including phenoxy) is 4. The number of hydrogen-bond acceptors (Lipinski definition) is 5. The third-order valence-electron chi connectivity index (χ3n) is 3.53. The molecule has 1 aliphatic heterocycles. The van der Waals surface area contributed by atoms with E-state index in [4.69, 9.17) is 24.7 Å². The molecule has 1 aliphatic rings. The second-order valence-corrected chi connectivity index (χ2v) is 4.70. The first-order valence-electron chi connectivity index (χ1n) is 6.60. The number of rotatable bonds is 4. The monoisotopic (exact) mass is 287 g/mol. The molecule has 1 atom stereocenters. The number of benzene rings is 2. The van der Waals surface area contributed by atoms with Gasteiger partial charge in [0.15, 0.2) is 11.5 Å². The molecule has 0 saturated carbocycles. The molecule has 5 nitrogen and oxygen atoms in total. The SMILES string of the molecule is COc1ccc(OC)c(C(N)c2ccc3c(c2)OCO3)c1. The van der Waals surface area contributed by atoms with Crippen LogP contribution >= 0.6 is 0 Å². The van der Waals surface area contributed by atoms with E-state index in [9.17, 15) is 0 Å². The summed E-state index contributed by atoms with van der Waals surface area (Å²) < 4.78 is 21.4. The summed E-state index contributed by atoms with van der Waals surface area (Å²) in [4.78, 5) is 0. The minimum atomic E-state index is -0.343. The molecular weight excluding hydrogens is 270 g/mol. The first kappa shape index (κ1) is 13.6. The molecule has 0 fully saturated rings. The molecule has 110 valence electrons. The van der Waals surface area contributed by atoms with Crippen LogP contribution in [-0.4, -0.2) is 21.0 Å². The number of methoxy groups -OCH3 is 2. The van der Waals surface area contributed by atoms with E-state index in [1.807, 2.05) is 36.4 Å². The molecular formula is C16H17NO4. The number of hydrogen-bond donors (Lipinski definition) is 1. The van der Waals surface area contributed by atoms with Crippen LogP contribution in [-0.2, 0) is 0 Å². The highest BCUT2D eigenvalue weighted by molar-refractivity contribution is 5.50. The van der Waals surface area contributed by atoms with Gasteiger partial charge in [-0.15, -0.1) is 0 Å². The molecule has 1 unspecified atom stereocenters. The van der Waals surface area contributed by atoms with Crippen molar-refractivity contribution in [3.8, 4) is 23.0 Å². The number of fused-ring (bicyclic) bond motifs is 1. The van der Waals surface area contributed by atoms with E-state index in [2.05, 4.69) is 0 Å². The fourth-order valence-electron chi connectivity index (χ4n) is 2.37. The van der Waals surface area contributed by atoms with Gasteiger partial charge in [-0.25, -0.2) is 0 Å². The average molecular weight is 287 g/mol. The fourth-order valence-corrected chi connectivity index (χ4v) is 2.37. The summed E-state index contributed by atoms with van der Waals surface area (Å²) in [5, 5.41) is 0. The van der Waals surface area contributed by atoms with Crippen LogP contribution < -0.4 is 24.7 Å². The maximum absolute atomic E-state index is 6.38. The Labute approximate surface area is 123 Å². The predicted molar refractivity (Wildman–Crippen MR) is 78.1 cm³/mol. The molecule has 5 heteroatoms. The summed E-state index contributed by atoms with van der Waals surface area (Å²) >= 11 is 0. The van der Waals surface area contributed by atoms with Gasteiger partial charge in [-0.1, -0.05) is 6.07 Å². The minimum Gasteiger partial charge on any atom is -0.497 e. The lowest BCUT2D eigenvalue weighted by atomic mass is 9.98. The second kappa shape index (κ2) is 5.54. The molecule has 1 heterocycles. The Morgan fingerprint density at radius 1 is 1.00 bits per heavy atom. The Bertz CT molecular complexity index is 657. The van der Waals surface area contributed by atoms with E-state index in [0.717, 1.165) is 28.4 Å². The third kappa shape index (κ3) is 2.48. The largest absolute Gasteiger partial charge is 0.497 e. The maximum Gasteiger partial charge on any atom is 0.231 e. The third-order valence-corrected chi connectivity index (χ3v) is 3.53. The van der Waals surface area contributed by atoms with Crippen molar-refractivity contribution in [1.82, 2.24) is 0 Å². The molecule has 0 radical (unpaired) electrons. The first-order valence-corrected chi connectivity index (χ1v) is 6.60. The van der Waals surface area contributed by atoms with E-state index in [-0.39, 0.29) is 12.8 Å². The standard InChI is InChI=1S/C16H17NO4/c1-18-11-4-6-13(19-2)12(8-11)16(17)10-3-5-14-15(7-10)21-9-20-14/h3-8,16H,9,17H2,1-2H3. The van der Waals surface area contributed by atoms with Crippen LogP contribution in [0, 0.1) is 0 Å². The maximum atomic E-state index is 6.38. The summed E-state index contributed by atoms with van der Waals surface area (Å²) in [5.41, 5.74) is 8.16. The van der Waals surface area contributed by atoms with Crippen LogP contribution in [0.5, 0.6) is 23.0 Å². The molecule has 21 heavy (non-hydrogen) atoms. The Balaban J connectivity index is 1.99. The normalized spacial score (nSPS) is 13.9. The molecule has 2 aromatic carbocycles. The summed E-state index contributed by atoms with van der Waals surface area (Å²) in [5.74, 6) is 2.91. The van der Waals surface area contributed by atoms with E-state index < -0.39 is 0 Å². The van der Waals surface area contributed by atoms with Gasteiger partial charge in [-0.3, -0.25) is 0 Å². The molecule has 0 bridgehead atoms. The minimum absolute atomic E-state index is 0.247. The van der Waals surface area contributed by atoms with Gasteiger partial charge in [0.2, 0.25) is 6.79 Å². The van der Waals surface area contributed by atoms with Gasteiger partial charge in [-0.2, -0.15) is 0 Å². The van der Waals surface area contributed by atoms with Crippen molar-refractivity contribution in [2.24, 2.45) is 5.73 Å². The highest BCUT2D eigenvalue weighted by Crippen LogP contribution is 2.37. The van der Waals surface area contributed by atoms with Crippen LogP contribution in [0.15, 0.2) is 36.4 Å². The van der Waals surface area contributed by atoms with Crippen molar-refractivity contribution in [2.75, 3.05) is 21.0 Å². The molecule has 0 saturated heterocycles. The van der Waals surface area contributed by atoms with Crippen molar-refractivity contribution >= 4 is 0 Å². The van der Waals surface area contributed by atoms with Gasteiger partial charge in [0.05, 0.1) is 20.3 Å². The molecule has 0 spiro atoms. The smallest absolute Gasteiger partial charge is 0.231 e. The van der Waals surface area contributed by atoms with Gasteiger partial charge < -0.3 is 24.7 Å². The zero-order valence-electron chi connectivity index (χ0n) is 12.0. The summed E-state index contributed by atoms with van der Waals surface area (Å²) in [7, 11) is 3.25. The Hall–Kier alpha value is -2.40. The molecule has 2 aromatic rings. The summed E-state index contributed by atoms with van der Waals surface area (Å²) in [6.45, 7) is 0.247. The first-order chi connectivity index (χ1) is 10.2. The fraction of sp³-hybridized carbons (Fsp3) is 0.250. The van der Waals surface area contributed by atoms with Gasteiger partial charge in [0.25, 0.3) is 0 Å². The van der Waals surface area contributed by atoms with Crippen molar-refractivity contribution in [2.45, 2.75) is 6.04 Å². The van der Waals surface area contributed by atoms with Crippen LogP contribution in [0.3, 0.4) is 0 Å². The second-order valence-electron chi connectivity index (χ2n) is 4.70. The topological polar surface area (TPSA) is 62.9 Å². The Kier molecular flexibility index (Phi) is 3.58. The van der Waals surface area contributed by atoms with E-state index in [1.54, 1.807) is 14.2 Å². The van der Waals surface area contributed by atoms with E-state index >= 15 is 0 Å². The van der Waals surface area contributed by atoms with E-state index in [1.165, 1.54) is 0 Å². The number of nitrogens with two attached hydrogens (primary N) is 1. The highest BCUT2D eigenvalue weighted by Gasteiger charge is 2.19. The zero-order chi connectivity index (χ0) is 14.8. The lowest BCUT2D eigenvalue weighted by Gasteiger charge is -2.17. The Morgan fingerprint density at radius 3 is 2.57 bits per heavy atom. The quantitative estimate of drug-likeness (QED) is 0.936. The molecule has 2 N–H and O–H groups in total. The summed E-state index contributed by atoms with van der Waals surface area (Å²) in [6.07, 6.45) is 0. The van der Waals surface area contributed by atoms with Crippen LogP contribution in [0.4, 0.5) is 0 Å². The Morgan fingerprint density at radius 2 is 1.81 bits per heavy atom. The highest BCUT2D eigenvalue weighted by atomic mass is 16.7. The van der Waals surface area contributed by atoms with Gasteiger partial charge in [0, 0.05) is 5.56 Å². The zero-order valence-corrected chi connectivity index (χ0v) is 12.0. The predicted octanol–water partition coefficient (Wildman–Crippen LogP) is 2.48. The van der Waals surface area contributed by atoms with Gasteiger partial charge >= 0.3 is 0 Å². The lowest BCUT2D eigenvalue weighted by molar-refractivity contribution is 0.174. The lowest BCUT2D eigenvalue weighted by Crippen LogP contribution is -2.13.